The Morgan fingerprint density at radius 1 is 1.30 bits per heavy atom. The zero-order valence-corrected chi connectivity index (χ0v) is 13.5. The minimum Gasteiger partial charge on any atom is -0.464 e. The molecule has 2 N–H and O–H groups in total. The molecule has 1 amide bonds. The number of hydrogen-bond acceptors (Lipinski definition) is 4. The van der Waals surface area contributed by atoms with Gasteiger partial charge in [-0.05, 0) is 50.3 Å². The van der Waals surface area contributed by atoms with Gasteiger partial charge in [-0.15, -0.1) is 0 Å². The van der Waals surface area contributed by atoms with Gasteiger partial charge in [-0.3, -0.25) is 4.79 Å². The minimum absolute atomic E-state index is 0.0196. The molecular formula is C18H24N2O3. The average molecular weight is 316 g/mol. The fourth-order valence-corrected chi connectivity index (χ4v) is 3.59. The Morgan fingerprint density at radius 3 is 2.65 bits per heavy atom. The van der Waals surface area contributed by atoms with Gasteiger partial charge in [-0.1, -0.05) is 30.3 Å². The molecule has 0 bridgehead atoms. The molecule has 1 heterocycles. The van der Waals surface area contributed by atoms with Gasteiger partial charge in [0.2, 0.25) is 5.91 Å². The smallest absolute Gasteiger partial charge is 0.333 e. The van der Waals surface area contributed by atoms with Crippen molar-refractivity contribution in [3.8, 4) is 0 Å². The molecule has 1 aliphatic heterocycles. The van der Waals surface area contributed by atoms with Gasteiger partial charge in [0.1, 0.15) is 0 Å². The van der Waals surface area contributed by atoms with Crippen molar-refractivity contribution in [3.63, 3.8) is 0 Å². The third kappa shape index (κ3) is 3.39. The van der Waals surface area contributed by atoms with E-state index in [1.54, 1.807) is 6.92 Å². The Morgan fingerprint density at radius 2 is 2.00 bits per heavy atom. The third-order valence-corrected chi connectivity index (χ3v) is 5.05. The number of ether oxygens (including phenoxy) is 1. The molecule has 1 aliphatic carbocycles. The van der Waals surface area contributed by atoms with E-state index < -0.39 is 12.0 Å². The van der Waals surface area contributed by atoms with Gasteiger partial charge >= 0.3 is 5.97 Å². The van der Waals surface area contributed by atoms with Gasteiger partial charge < -0.3 is 15.4 Å². The molecule has 1 spiro atoms. The predicted octanol–water partition coefficient (Wildman–Crippen LogP) is 1.80. The molecule has 1 aromatic rings. The number of benzene rings is 1. The second-order valence-corrected chi connectivity index (χ2v) is 6.47. The number of rotatable bonds is 5. The molecule has 0 radical (unpaired) electrons. The molecule has 0 aromatic heterocycles. The number of amides is 1. The predicted molar refractivity (Wildman–Crippen MR) is 86.6 cm³/mol. The monoisotopic (exact) mass is 316 g/mol. The number of carbonyl (C=O) groups excluding carboxylic acids is 2. The molecule has 1 aromatic carbocycles. The van der Waals surface area contributed by atoms with Crippen molar-refractivity contribution in [2.75, 3.05) is 19.7 Å². The normalized spacial score (nSPS) is 23.1. The maximum absolute atomic E-state index is 12.6. The molecule has 1 unspecified atom stereocenters. The summed E-state index contributed by atoms with van der Waals surface area (Å²) in [5.74, 6) is -0.383. The van der Waals surface area contributed by atoms with Crippen LogP contribution in [0.3, 0.4) is 0 Å². The SMILES string of the molecule is CCOC(=O)[C@H](NC(=O)C1CC12CCNCC2)c1ccccc1. The van der Waals surface area contributed by atoms with Crippen LogP contribution in [-0.2, 0) is 14.3 Å². The van der Waals surface area contributed by atoms with Crippen LogP contribution < -0.4 is 10.6 Å². The highest BCUT2D eigenvalue weighted by Crippen LogP contribution is 2.58. The highest BCUT2D eigenvalue weighted by atomic mass is 16.5. The van der Waals surface area contributed by atoms with Gasteiger partial charge in [-0.25, -0.2) is 4.79 Å². The lowest BCUT2D eigenvalue weighted by molar-refractivity contribution is -0.147. The van der Waals surface area contributed by atoms with E-state index in [0.717, 1.165) is 37.9 Å². The first-order valence-electron chi connectivity index (χ1n) is 8.39. The second kappa shape index (κ2) is 6.71. The van der Waals surface area contributed by atoms with Crippen molar-refractivity contribution >= 4 is 11.9 Å². The summed E-state index contributed by atoms with van der Waals surface area (Å²) in [5.41, 5.74) is 0.921. The number of piperidine rings is 1. The summed E-state index contributed by atoms with van der Waals surface area (Å²) in [4.78, 5) is 24.9. The van der Waals surface area contributed by atoms with Gasteiger partial charge in [-0.2, -0.15) is 0 Å². The van der Waals surface area contributed by atoms with E-state index in [-0.39, 0.29) is 17.2 Å². The summed E-state index contributed by atoms with van der Waals surface area (Å²) >= 11 is 0. The van der Waals surface area contributed by atoms with Crippen molar-refractivity contribution in [2.45, 2.75) is 32.2 Å². The van der Waals surface area contributed by atoms with Crippen LogP contribution in [0.4, 0.5) is 0 Å². The molecule has 23 heavy (non-hydrogen) atoms. The average Bonchev–Trinajstić information content (AvgIpc) is 3.27. The van der Waals surface area contributed by atoms with Crippen LogP contribution in [0.25, 0.3) is 0 Å². The van der Waals surface area contributed by atoms with Gasteiger partial charge in [0.05, 0.1) is 6.61 Å². The number of esters is 1. The van der Waals surface area contributed by atoms with E-state index in [2.05, 4.69) is 10.6 Å². The quantitative estimate of drug-likeness (QED) is 0.813. The van der Waals surface area contributed by atoms with Crippen LogP contribution in [0.15, 0.2) is 30.3 Å². The Labute approximate surface area is 136 Å². The maximum atomic E-state index is 12.6. The standard InChI is InChI=1S/C18H24N2O3/c1-2-23-17(22)15(13-6-4-3-5-7-13)20-16(21)14-12-18(14)8-10-19-11-9-18/h3-7,14-15,19H,2,8-12H2,1H3,(H,20,21)/t14?,15-/m1/s1. The topological polar surface area (TPSA) is 67.4 Å². The van der Waals surface area contributed by atoms with E-state index in [9.17, 15) is 9.59 Å². The first-order chi connectivity index (χ1) is 11.2. The van der Waals surface area contributed by atoms with Gasteiger partial charge in [0.15, 0.2) is 6.04 Å². The first kappa shape index (κ1) is 16.0. The second-order valence-electron chi connectivity index (χ2n) is 6.47. The van der Waals surface area contributed by atoms with E-state index in [0.29, 0.717) is 6.61 Å². The summed E-state index contributed by atoms with van der Waals surface area (Å²) in [6.07, 6.45) is 3.02. The Kier molecular flexibility index (Phi) is 4.66. The van der Waals surface area contributed by atoms with Crippen molar-refractivity contribution < 1.29 is 14.3 Å². The fourth-order valence-electron chi connectivity index (χ4n) is 3.59. The van der Waals surface area contributed by atoms with E-state index in [4.69, 9.17) is 4.74 Å². The molecule has 5 nitrogen and oxygen atoms in total. The maximum Gasteiger partial charge on any atom is 0.333 e. The minimum atomic E-state index is -0.719. The van der Waals surface area contributed by atoms with Crippen molar-refractivity contribution in [1.82, 2.24) is 10.6 Å². The number of nitrogens with one attached hydrogen (secondary N) is 2. The Bertz CT molecular complexity index is 567. The zero-order valence-electron chi connectivity index (χ0n) is 13.5. The highest BCUT2D eigenvalue weighted by molar-refractivity contribution is 5.88. The van der Waals surface area contributed by atoms with Crippen molar-refractivity contribution in [2.24, 2.45) is 11.3 Å². The highest BCUT2D eigenvalue weighted by Gasteiger charge is 2.58. The van der Waals surface area contributed by atoms with Crippen molar-refractivity contribution in [3.05, 3.63) is 35.9 Å². The molecule has 2 fully saturated rings. The summed E-state index contributed by atoms with van der Waals surface area (Å²) in [6, 6.07) is 8.57. The third-order valence-electron chi connectivity index (χ3n) is 5.05. The molecule has 3 rings (SSSR count). The van der Waals surface area contributed by atoms with Crippen LogP contribution in [0, 0.1) is 11.3 Å². The van der Waals surface area contributed by atoms with Gasteiger partial charge in [0, 0.05) is 5.92 Å². The molecule has 1 saturated carbocycles. The van der Waals surface area contributed by atoms with Crippen LogP contribution in [0.1, 0.15) is 37.8 Å². The van der Waals surface area contributed by atoms with Crippen LogP contribution >= 0.6 is 0 Å². The number of hydrogen-bond donors (Lipinski definition) is 2. The van der Waals surface area contributed by atoms with Gasteiger partial charge in [0.25, 0.3) is 0 Å². The molecular weight excluding hydrogens is 292 g/mol. The summed E-state index contributed by atoms with van der Waals surface area (Å²) in [6.45, 7) is 4.03. The summed E-state index contributed by atoms with van der Waals surface area (Å²) < 4.78 is 5.13. The zero-order chi connectivity index (χ0) is 16.3. The lowest BCUT2D eigenvalue weighted by atomic mass is 9.91. The lowest BCUT2D eigenvalue weighted by Crippen LogP contribution is -2.38. The molecule has 1 saturated heterocycles. The molecule has 2 atom stereocenters. The lowest BCUT2D eigenvalue weighted by Gasteiger charge is -2.24. The van der Waals surface area contributed by atoms with Crippen LogP contribution in [0.5, 0.6) is 0 Å². The van der Waals surface area contributed by atoms with Crippen LogP contribution in [0.2, 0.25) is 0 Å². The number of carbonyl (C=O) groups is 2. The first-order valence-corrected chi connectivity index (χ1v) is 8.39. The molecule has 2 aliphatic rings. The van der Waals surface area contributed by atoms with Crippen molar-refractivity contribution in [1.29, 1.82) is 0 Å². The van der Waals surface area contributed by atoms with E-state index in [1.165, 1.54) is 0 Å². The Balaban J connectivity index is 1.69. The van der Waals surface area contributed by atoms with E-state index in [1.807, 2.05) is 30.3 Å². The molecule has 124 valence electrons. The summed E-state index contributed by atoms with van der Waals surface area (Å²) in [5, 5.41) is 6.25. The van der Waals surface area contributed by atoms with Crippen LogP contribution in [-0.4, -0.2) is 31.6 Å². The fraction of sp³-hybridized carbons (Fsp3) is 0.556. The van der Waals surface area contributed by atoms with E-state index >= 15 is 0 Å². The molecule has 5 heteroatoms. The summed E-state index contributed by atoms with van der Waals surface area (Å²) in [7, 11) is 0. The Hall–Kier alpha value is -1.88. The largest absolute Gasteiger partial charge is 0.464 e.